The summed E-state index contributed by atoms with van der Waals surface area (Å²) in [6, 6.07) is 1.80. The number of halogens is 2. The summed E-state index contributed by atoms with van der Waals surface area (Å²) < 4.78 is 14.3. The second-order valence-electron chi connectivity index (χ2n) is 5.53. The van der Waals surface area contributed by atoms with Crippen molar-refractivity contribution >= 4 is 34.7 Å². The highest BCUT2D eigenvalue weighted by Crippen LogP contribution is 2.39. The Morgan fingerprint density at radius 3 is 2.82 bits per heavy atom. The molecule has 1 aromatic rings. The molecule has 0 spiro atoms. The monoisotopic (exact) mass is 324 g/mol. The van der Waals surface area contributed by atoms with E-state index in [0.717, 1.165) is 0 Å². The smallest absolute Gasteiger partial charge is 0.326 e. The van der Waals surface area contributed by atoms with Crippen LogP contribution < -0.4 is 5.73 Å². The van der Waals surface area contributed by atoms with Gasteiger partial charge in [-0.15, -0.1) is 0 Å². The standard InChI is InChI=1S/C15H14ClFN2O3/c16-9-2-3-10(18)13(14(9)17)7-5-8-1-4-11(15(21)22)19(8)12(20)6-7/h2-3,6,8,11H,1,4-5,18H2,(H,21,22)/t8-,11+/m1/s1. The molecule has 5 nitrogen and oxygen atoms in total. The number of nitrogens with zero attached hydrogens (tertiary/aromatic N) is 1. The Hall–Kier alpha value is -2.08. The zero-order valence-electron chi connectivity index (χ0n) is 11.6. The molecule has 0 bridgehead atoms. The van der Waals surface area contributed by atoms with Gasteiger partial charge in [0.2, 0.25) is 5.91 Å². The molecule has 0 unspecified atom stereocenters. The van der Waals surface area contributed by atoms with Crippen LogP contribution >= 0.6 is 11.6 Å². The van der Waals surface area contributed by atoms with Gasteiger partial charge in [0.1, 0.15) is 6.04 Å². The van der Waals surface area contributed by atoms with Crippen molar-refractivity contribution in [2.75, 3.05) is 5.73 Å². The predicted molar refractivity (Wildman–Crippen MR) is 79.7 cm³/mol. The Bertz CT molecular complexity index is 704. The third-order valence-electron chi connectivity index (χ3n) is 4.24. The summed E-state index contributed by atoms with van der Waals surface area (Å²) in [6.07, 6.45) is 2.61. The lowest BCUT2D eigenvalue weighted by atomic mass is 9.92. The molecule has 7 heteroatoms. The molecule has 116 valence electrons. The van der Waals surface area contributed by atoms with Gasteiger partial charge in [0.15, 0.2) is 5.82 Å². The number of anilines is 1. The number of hydrogen-bond acceptors (Lipinski definition) is 3. The maximum Gasteiger partial charge on any atom is 0.326 e. The quantitative estimate of drug-likeness (QED) is 0.818. The van der Waals surface area contributed by atoms with Crippen molar-refractivity contribution < 1.29 is 19.1 Å². The van der Waals surface area contributed by atoms with Crippen molar-refractivity contribution in [3.63, 3.8) is 0 Å². The average molecular weight is 325 g/mol. The summed E-state index contributed by atoms with van der Waals surface area (Å²) in [5.41, 5.74) is 6.64. The Balaban J connectivity index is 2.01. The number of carboxylic acid groups (broad SMARTS) is 1. The highest BCUT2D eigenvalue weighted by molar-refractivity contribution is 6.31. The van der Waals surface area contributed by atoms with Gasteiger partial charge in [0.25, 0.3) is 0 Å². The fourth-order valence-corrected chi connectivity index (χ4v) is 3.42. The summed E-state index contributed by atoms with van der Waals surface area (Å²) in [7, 11) is 0. The number of benzene rings is 1. The topological polar surface area (TPSA) is 83.6 Å². The summed E-state index contributed by atoms with van der Waals surface area (Å²) in [6.45, 7) is 0. The molecule has 2 heterocycles. The first-order valence-electron chi connectivity index (χ1n) is 6.89. The Morgan fingerprint density at radius 2 is 2.14 bits per heavy atom. The molecule has 0 aliphatic carbocycles. The number of carbonyl (C=O) groups is 2. The normalized spacial score (nSPS) is 24.2. The van der Waals surface area contributed by atoms with Crippen molar-refractivity contribution in [2.24, 2.45) is 0 Å². The van der Waals surface area contributed by atoms with E-state index in [9.17, 15) is 14.0 Å². The summed E-state index contributed by atoms with van der Waals surface area (Å²) in [4.78, 5) is 24.8. The van der Waals surface area contributed by atoms with Gasteiger partial charge in [-0.25, -0.2) is 9.18 Å². The van der Waals surface area contributed by atoms with Crippen molar-refractivity contribution in [3.05, 3.63) is 34.6 Å². The molecule has 1 saturated heterocycles. The van der Waals surface area contributed by atoms with Crippen molar-refractivity contribution in [1.82, 2.24) is 4.90 Å². The van der Waals surface area contributed by atoms with Crippen LogP contribution in [-0.2, 0) is 9.59 Å². The summed E-state index contributed by atoms with van der Waals surface area (Å²) in [5.74, 6) is -2.09. The SMILES string of the molecule is Nc1ccc(Cl)c(F)c1C1=CC(=O)N2[C@H](CC[C@H]2C(=O)O)C1. The van der Waals surface area contributed by atoms with Crippen molar-refractivity contribution in [1.29, 1.82) is 0 Å². The van der Waals surface area contributed by atoms with Crippen LogP contribution in [0.4, 0.5) is 10.1 Å². The van der Waals surface area contributed by atoms with Crippen LogP contribution in [0, 0.1) is 5.82 Å². The fraction of sp³-hybridized carbons (Fsp3) is 0.333. The maximum absolute atomic E-state index is 14.3. The number of carbonyl (C=O) groups excluding carboxylic acids is 1. The largest absolute Gasteiger partial charge is 0.480 e. The predicted octanol–water partition coefficient (Wildman–Crippen LogP) is 2.29. The Labute approximate surface area is 131 Å². The maximum atomic E-state index is 14.3. The first-order chi connectivity index (χ1) is 10.4. The fourth-order valence-electron chi connectivity index (χ4n) is 3.26. The average Bonchev–Trinajstić information content (AvgIpc) is 2.88. The van der Waals surface area contributed by atoms with Crippen LogP contribution in [0.2, 0.25) is 5.02 Å². The molecule has 22 heavy (non-hydrogen) atoms. The lowest BCUT2D eigenvalue weighted by Gasteiger charge is -2.32. The third-order valence-corrected chi connectivity index (χ3v) is 4.54. The molecular formula is C15H14ClFN2O3. The summed E-state index contributed by atoms with van der Waals surface area (Å²) >= 11 is 5.79. The minimum atomic E-state index is -1.01. The molecule has 0 aromatic heterocycles. The van der Waals surface area contributed by atoms with E-state index in [0.29, 0.717) is 24.8 Å². The molecule has 3 rings (SSSR count). The minimum Gasteiger partial charge on any atom is -0.480 e. The van der Waals surface area contributed by atoms with Gasteiger partial charge in [0, 0.05) is 23.4 Å². The Morgan fingerprint density at radius 1 is 1.41 bits per heavy atom. The van der Waals surface area contributed by atoms with E-state index in [4.69, 9.17) is 22.4 Å². The molecule has 2 aliphatic rings. The Kier molecular flexibility index (Phi) is 3.56. The third kappa shape index (κ3) is 2.23. The van der Waals surface area contributed by atoms with Crippen LogP contribution in [-0.4, -0.2) is 34.0 Å². The molecule has 2 aliphatic heterocycles. The number of amides is 1. The molecular weight excluding hydrogens is 311 g/mol. The first-order valence-corrected chi connectivity index (χ1v) is 7.27. The van der Waals surface area contributed by atoms with E-state index in [1.54, 1.807) is 0 Å². The number of aliphatic carboxylic acids is 1. The minimum absolute atomic E-state index is 0.0604. The number of nitrogens with two attached hydrogens (primary N) is 1. The number of carboxylic acids is 1. The van der Waals surface area contributed by atoms with Crippen LogP contribution in [0.1, 0.15) is 24.8 Å². The van der Waals surface area contributed by atoms with Gasteiger partial charge in [-0.1, -0.05) is 11.6 Å². The van der Waals surface area contributed by atoms with Gasteiger partial charge < -0.3 is 15.7 Å². The van der Waals surface area contributed by atoms with Gasteiger partial charge >= 0.3 is 5.97 Å². The van der Waals surface area contributed by atoms with Gasteiger partial charge in [-0.3, -0.25) is 4.79 Å². The number of nitrogen functional groups attached to an aromatic ring is 1. The molecule has 3 N–H and O–H groups in total. The molecule has 1 amide bonds. The van der Waals surface area contributed by atoms with E-state index in [2.05, 4.69) is 0 Å². The van der Waals surface area contributed by atoms with Crippen molar-refractivity contribution in [2.45, 2.75) is 31.3 Å². The second kappa shape index (κ2) is 5.28. The van der Waals surface area contributed by atoms with Gasteiger partial charge in [-0.05, 0) is 37.0 Å². The molecule has 1 fully saturated rings. The van der Waals surface area contributed by atoms with E-state index in [1.165, 1.54) is 23.1 Å². The van der Waals surface area contributed by atoms with Gasteiger partial charge in [0.05, 0.1) is 5.02 Å². The highest BCUT2D eigenvalue weighted by Gasteiger charge is 2.43. The first kappa shape index (κ1) is 14.8. The molecule has 0 saturated carbocycles. The molecule has 2 atom stereocenters. The van der Waals surface area contributed by atoms with E-state index in [1.807, 2.05) is 0 Å². The number of hydrogen-bond donors (Lipinski definition) is 2. The second-order valence-corrected chi connectivity index (χ2v) is 5.94. The zero-order valence-corrected chi connectivity index (χ0v) is 12.3. The van der Waals surface area contributed by atoms with Crippen LogP contribution in [0.5, 0.6) is 0 Å². The lowest BCUT2D eigenvalue weighted by molar-refractivity contribution is -0.147. The lowest BCUT2D eigenvalue weighted by Crippen LogP contribution is -2.46. The van der Waals surface area contributed by atoms with E-state index >= 15 is 0 Å². The molecule has 0 radical (unpaired) electrons. The van der Waals surface area contributed by atoms with E-state index < -0.39 is 23.7 Å². The van der Waals surface area contributed by atoms with Gasteiger partial charge in [-0.2, -0.15) is 0 Å². The van der Waals surface area contributed by atoms with Crippen molar-refractivity contribution in [3.8, 4) is 0 Å². The summed E-state index contributed by atoms with van der Waals surface area (Å²) in [5, 5.41) is 9.11. The van der Waals surface area contributed by atoms with Crippen LogP contribution in [0.15, 0.2) is 18.2 Å². The highest BCUT2D eigenvalue weighted by atomic mass is 35.5. The number of fused-ring (bicyclic) bond motifs is 1. The molecule has 1 aromatic carbocycles. The van der Waals surface area contributed by atoms with E-state index in [-0.39, 0.29) is 22.3 Å². The number of rotatable bonds is 2. The zero-order chi connectivity index (χ0) is 16.0. The van der Waals surface area contributed by atoms with Crippen LogP contribution in [0.25, 0.3) is 5.57 Å². The van der Waals surface area contributed by atoms with Crippen LogP contribution in [0.3, 0.4) is 0 Å².